The van der Waals surface area contributed by atoms with Crippen LogP contribution >= 0.6 is 23.1 Å². The van der Waals surface area contributed by atoms with Gasteiger partial charge in [0.2, 0.25) is 0 Å². The van der Waals surface area contributed by atoms with Crippen LogP contribution in [0.1, 0.15) is 24.3 Å². The Morgan fingerprint density at radius 2 is 2.16 bits per heavy atom. The summed E-state index contributed by atoms with van der Waals surface area (Å²) in [5, 5.41) is 5.84. The lowest BCUT2D eigenvalue weighted by molar-refractivity contribution is -0.119. The molecule has 0 aliphatic carbocycles. The second kappa shape index (κ2) is 7.46. The van der Waals surface area contributed by atoms with Gasteiger partial charge in [-0.05, 0) is 20.1 Å². The van der Waals surface area contributed by atoms with Crippen molar-refractivity contribution in [1.82, 2.24) is 10.3 Å². The number of thiazole rings is 1. The van der Waals surface area contributed by atoms with Crippen molar-refractivity contribution in [2.75, 3.05) is 25.3 Å². The number of rotatable bonds is 6. The van der Waals surface area contributed by atoms with E-state index in [0.29, 0.717) is 5.00 Å². The summed E-state index contributed by atoms with van der Waals surface area (Å²) in [5.74, 6) is -0.600. The first-order valence-corrected chi connectivity index (χ1v) is 7.66. The van der Waals surface area contributed by atoms with Crippen LogP contribution in [-0.2, 0) is 9.53 Å². The molecule has 0 saturated heterocycles. The van der Waals surface area contributed by atoms with Crippen LogP contribution < -0.4 is 10.6 Å². The van der Waals surface area contributed by atoms with Crippen LogP contribution in [0.3, 0.4) is 0 Å². The van der Waals surface area contributed by atoms with Gasteiger partial charge in [0, 0.05) is 13.2 Å². The summed E-state index contributed by atoms with van der Waals surface area (Å²) in [5.41, 5.74) is 0.243. The fraction of sp³-hybridized carbons (Fsp3) is 0.545. The second-order valence-corrected chi connectivity index (χ2v) is 6.02. The highest BCUT2D eigenvalue weighted by Crippen LogP contribution is 2.30. The minimum atomic E-state index is -0.308. The number of carbonyl (C=O) groups is 2. The highest BCUT2D eigenvalue weighted by molar-refractivity contribution is 8.00. The van der Waals surface area contributed by atoms with Crippen molar-refractivity contribution < 1.29 is 14.3 Å². The molecule has 0 atom stereocenters. The first-order chi connectivity index (χ1) is 8.97. The third kappa shape index (κ3) is 4.81. The van der Waals surface area contributed by atoms with Crippen LogP contribution in [0.25, 0.3) is 0 Å². The Morgan fingerprint density at radius 1 is 1.47 bits per heavy atom. The fourth-order valence-corrected chi connectivity index (χ4v) is 2.73. The number of hydrogen-bond donors (Lipinski definition) is 2. The van der Waals surface area contributed by atoms with E-state index in [1.807, 2.05) is 20.1 Å². The number of aromatic nitrogens is 1. The van der Waals surface area contributed by atoms with Gasteiger partial charge in [0.15, 0.2) is 10.0 Å². The molecule has 0 bridgehead atoms. The standard InChI is InChI=1S/C11H17N3O3S2/c1-6(2)12-9(16)8-10(13-7(15)5-17-3)19-11(14-8)18-4/h6H,5H2,1-4H3,(H,12,16)(H,13,15). The molecule has 8 heteroatoms. The van der Waals surface area contributed by atoms with Gasteiger partial charge in [-0.15, -0.1) is 0 Å². The van der Waals surface area contributed by atoms with E-state index >= 15 is 0 Å². The van der Waals surface area contributed by atoms with E-state index in [1.165, 1.54) is 30.2 Å². The van der Waals surface area contributed by atoms with E-state index in [0.717, 1.165) is 4.34 Å². The number of methoxy groups -OCH3 is 1. The molecule has 19 heavy (non-hydrogen) atoms. The van der Waals surface area contributed by atoms with Gasteiger partial charge >= 0.3 is 0 Å². The molecule has 0 aromatic carbocycles. The van der Waals surface area contributed by atoms with Crippen molar-refractivity contribution in [3.8, 4) is 0 Å². The quantitative estimate of drug-likeness (QED) is 0.780. The van der Waals surface area contributed by atoms with E-state index in [4.69, 9.17) is 4.74 Å². The number of hydrogen-bond acceptors (Lipinski definition) is 6. The Kier molecular flexibility index (Phi) is 6.26. The molecule has 1 aromatic heterocycles. The van der Waals surface area contributed by atoms with E-state index in [9.17, 15) is 9.59 Å². The van der Waals surface area contributed by atoms with Crippen LogP contribution in [-0.4, -0.2) is 42.8 Å². The topological polar surface area (TPSA) is 80.3 Å². The van der Waals surface area contributed by atoms with Crippen molar-refractivity contribution in [2.45, 2.75) is 24.2 Å². The van der Waals surface area contributed by atoms with Crippen LogP contribution in [0.5, 0.6) is 0 Å². The molecular formula is C11H17N3O3S2. The summed E-state index contributed by atoms with van der Waals surface area (Å²) in [6.45, 7) is 3.67. The molecule has 0 unspecified atom stereocenters. The summed E-state index contributed by atoms with van der Waals surface area (Å²) in [7, 11) is 1.44. The van der Waals surface area contributed by atoms with E-state index < -0.39 is 0 Å². The third-order valence-electron chi connectivity index (χ3n) is 1.95. The van der Waals surface area contributed by atoms with E-state index in [2.05, 4.69) is 15.6 Å². The minimum Gasteiger partial charge on any atom is -0.375 e. The average Bonchev–Trinajstić information content (AvgIpc) is 2.71. The van der Waals surface area contributed by atoms with Gasteiger partial charge in [0.25, 0.3) is 11.8 Å². The van der Waals surface area contributed by atoms with E-state index in [-0.39, 0.29) is 30.2 Å². The molecule has 0 fully saturated rings. The highest BCUT2D eigenvalue weighted by atomic mass is 32.2. The largest absolute Gasteiger partial charge is 0.375 e. The van der Waals surface area contributed by atoms with Gasteiger partial charge in [0.1, 0.15) is 11.6 Å². The Hall–Kier alpha value is -1.12. The van der Waals surface area contributed by atoms with Crippen LogP contribution in [0, 0.1) is 0 Å². The third-order valence-corrected chi connectivity index (χ3v) is 3.90. The predicted octanol–water partition coefficient (Wildman–Crippen LogP) is 1.59. The maximum absolute atomic E-state index is 12.0. The number of nitrogens with one attached hydrogen (secondary N) is 2. The van der Waals surface area contributed by atoms with Crippen molar-refractivity contribution in [3.05, 3.63) is 5.69 Å². The molecule has 2 amide bonds. The Balaban J connectivity index is 2.92. The predicted molar refractivity (Wildman–Crippen MR) is 77.0 cm³/mol. The van der Waals surface area contributed by atoms with Gasteiger partial charge < -0.3 is 15.4 Å². The Morgan fingerprint density at radius 3 is 2.68 bits per heavy atom. The molecule has 0 aliphatic rings. The normalized spacial score (nSPS) is 10.6. The molecule has 6 nitrogen and oxygen atoms in total. The lowest BCUT2D eigenvalue weighted by atomic mass is 10.3. The van der Waals surface area contributed by atoms with Crippen molar-refractivity contribution in [1.29, 1.82) is 0 Å². The van der Waals surface area contributed by atoms with E-state index in [1.54, 1.807) is 0 Å². The fourth-order valence-electron chi connectivity index (χ4n) is 1.25. The summed E-state index contributed by atoms with van der Waals surface area (Å²) >= 11 is 2.70. The number of ether oxygens (including phenoxy) is 1. The average molecular weight is 303 g/mol. The number of nitrogens with zero attached hydrogens (tertiary/aromatic N) is 1. The van der Waals surface area contributed by atoms with Crippen LogP contribution in [0.4, 0.5) is 5.00 Å². The van der Waals surface area contributed by atoms with Gasteiger partial charge in [-0.2, -0.15) is 0 Å². The molecule has 1 rings (SSSR count). The van der Waals surface area contributed by atoms with Crippen molar-refractivity contribution in [2.24, 2.45) is 0 Å². The van der Waals surface area contributed by atoms with Gasteiger partial charge in [-0.1, -0.05) is 23.1 Å². The molecule has 1 aromatic rings. The van der Waals surface area contributed by atoms with Crippen molar-refractivity contribution in [3.63, 3.8) is 0 Å². The monoisotopic (exact) mass is 303 g/mol. The first kappa shape index (κ1) is 15.9. The van der Waals surface area contributed by atoms with Gasteiger partial charge in [-0.25, -0.2) is 4.98 Å². The van der Waals surface area contributed by atoms with Gasteiger partial charge in [0.05, 0.1) is 0 Å². The smallest absolute Gasteiger partial charge is 0.273 e. The summed E-state index contributed by atoms with van der Waals surface area (Å²) in [4.78, 5) is 27.7. The summed E-state index contributed by atoms with van der Waals surface area (Å²) in [6, 6.07) is 0.00876. The van der Waals surface area contributed by atoms with Crippen LogP contribution in [0.15, 0.2) is 4.34 Å². The zero-order valence-corrected chi connectivity index (χ0v) is 12.9. The maximum Gasteiger partial charge on any atom is 0.273 e. The lowest BCUT2D eigenvalue weighted by Gasteiger charge is -2.08. The maximum atomic E-state index is 12.0. The molecule has 0 aliphatic heterocycles. The van der Waals surface area contributed by atoms with Crippen molar-refractivity contribution >= 4 is 39.9 Å². The molecule has 106 valence electrons. The minimum absolute atomic E-state index is 0.00876. The molecule has 2 N–H and O–H groups in total. The van der Waals surface area contributed by atoms with Gasteiger partial charge in [-0.3, -0.25) is 9.59 Å². The highest BCUT2D eigenvalue weighted by Gasteiger charge is 2.20. The zero-order chi connectivity index (χ0) is 14.4. The second-order valence-electron chi connectivity index (χ2n) is 3.97. The molecule has 0 saturated carbocycles. The summed E-state index contributed by atoms with van der Waals surface area (Å²) in [6.07, 6.45) is 1.86. The number of carbonyl (C=O) groups excluding carboxylic acids is 2. The molecule has 0 radical (unpaired) electrons. The number of amides is 2. The molecule has 1 heterocycles. The Labute approximate surface area is 120 Å². The molecule has 0 spiro atoms. The zero-order valence-electron chi connectivity index (χ0n) is 11.3. The first-order valence-electron chi connectivity index (χ1n) is 5.62. The summed E-state index contributed by atoms with van der Waals surface area (Å²) < 4.78 is 5.46. The van der Waals surface area contributed by atoms with Crippen LogP contribution in [0.2, 0.25) is 0 Å². The number of thioether (sulfide) groups is 1. The SMILES string of the molecule is COCC(=O)Nc1sc(SC)nc1C(=O)NC(C)C. The Bertz CT molecular complexity index is 460. The number of anilines is 1. The molecular weight excluding hydrogens is 286 g/mol. The lowest BCUT2D eigenvalue weighted by Crippen LogP contribution is -2.31.